The van der Waals surface area contributed by atoms with Gasteiger partial charge in [-0.15, -0.1) is 0 Å². The van der Waals surface area contributed by atoms with Crippen LogP contribution in [-0.2, 0) is 0 Å². The number of pyridine rings is 1. The van der Waals surface area contributed by atoms with Gasteiger partial charge in [0, 0.05) is 45.0 Å². The topological polar surface area (TPSA) is 65.1 Å². The summed E-state index contributed by atoms with van der Waals surface area (Å²) in [4.78, 5) is 28.6. The average Bonchev–Trinajstić information content (AvgIpc) is 3.12. The maximum Gasteiger partial charge on any atom is 0.272 e. The van der Waals surface area contributed by atoms with Gasteiger partial charge in [0.15, 0.2) is 0 Å². The molecule has 0 radical (unpaired) electrons. The lowest BCUT2D eigenvalue weighted by molar-refractivity contribution is 0.0822. The second-order valence-corrected chi connectivity index (χ2v) is 7.02. The third kappa shape index (κ3) is 3.14. The molecule has 1 amide bonds. The normalized spacial score (nSPS) is 17.5. The number of piperidine rings is 1. The van der Waals surface area contributed by atoms with Crippen LogP contribution >= 0.6 is 0 Å². The summed E-state index contributed by atoms with van der Waals surface area (Å²) in [5, 5.41) is 0. The second-order valence-electron chi connectivity index (χ2n) is 7.02. The Bertz CT molecular complexity index is 900. The second kappa shape index (κ2) is 6.78. The number of aromatic amines is 1. The molecule has 2 aromatic heterocycles. The van der Waals surface area contributed by atoms with E-state index in [0.717, 1.165) is 48.5 Å². The zero-order valence-electron chi connectivity index (χ0n) is 15.1. The van der Waals surface area contributed by atoms with Gasteiger partial charge in [-0.1, -0.05) is 12.1 Å². The van der Waals surface area contributed by atoms with Crippen LogP contribution in [0.2, 0.25) is 0 Å². The number of carbonyl (C=O) groups excluding carboxylic acids is 1. The number of amides is 1. The quantitative estimate of drug-likeness (QED) is 0.789. The first-order valence-corrected chi connectivity index (χ1v) is 8.99. The highest BCUT2D eigenvalue weighted by atomic mass is 16.2. The predicted octanol–water partition coefficient (Wildman–Crippen LogP) is 3.04. The molecule has 1 saturated heterocycles. The van der Waals surface area contributed by atoms with E-state index in [-0.39, 0.29) is 5.91 Å². The molecule has 0 saturated carbocycles. The summed E-state index contributed by atoms with van der Waals surface area (Å²) in [6, 6.07) is 12.0. The number of fused-ring (bicyclic) bond motifs is 1. The highest BCUT2D eigenvalue weighted by molar-refractivity contribution is 5.92. The molecule has 26 heavy (non-hydrogen) atoms. The fourth-order valence-corrected chi connectivity index (χ4v) is 3.56. The number of hydrogen-bond donors (Lipinski definition) is 1. The molecule has 6 nitrogen and oxygen atoms in total. The summed E-state index contributed by atoms with van der Waals surface area (Å²) >= 11 is 0. The maximum absolute atomic E-state index is 12.2. The van der Waals surface area contributed by atoms with Crippen LogP contribution in [-0.4, -0.2) is 52.9 Å². The smallest absolute Gasteiger partial charge is 0.272 e. The summed E-state index contributed by atoms with van der Waals surface area (Å²) in [5.41, 5.74) is 3.63. The summed E-state index contributed by atoms with van der Waals surface area (Å²) in [6.07, 6.45) is 3.93. The van der Waals surface area contributed by atoms with Crippen molar-refractivity contribution in [2.45, 2.75) is 18.8 Å². The van der Waals surface area contributed by atoms with Crippen LogP contribution in [0, 0.1) is 0 Å². The van der Waals surface area contributed by atoms with Gasteiger partial charge in [0.05, 0.1) is 11.0 Å². The van der Waals surface area contributed by atoms with Gasteiger partial charge in [0.25, 0.3) is 5.91 Å². The lowest BCUT2D eigenvalue weighted by Crippen LogP contribution is -2.35. The summed E-state index contributed by atoms with van der Waals surface area (Å²) < 4.78 is 0. The minimum absolute atomic E-state index is 0.0716. The molecule has 0 spiro atoms. The fourth-order valence-electron chi connectivity index (χ4n) is 3.56. The van der Waals surface area contributed by atoms with E-state index in [1.54, 1.807) is 25.2 Å². The van der Waals surface area contributed by atoms with Crippen molar-refractivity contribution in [2.75, 3.05) is 32.1 Å². The Morgan fingerprint density at radius 3 is 2.92 bits per heavy atom. The van der Waals surface area contributed by atoms with Gasteiger partial charge in [0.2, 0.25) is 0 Å². The van der Waals surface area contributed by atoms with Crippen LogP contribution in [0.1, 0.15) is 35.1 Å². The van der Waals surface area contributed by atoms with Crippen molar-refractivity contribution in [3.8, 4) is 0 Å². The Morgan fingerprint density at radius 1 is 1.27 bits per heavy atom. The fraction of sp³-hybridized carbons (Fsp3) is 0.350. The van der Waals surface area contributed by atoms with Gasteiger partial charge in [-0.05, 0) is 37.1 Å². The number of anilines is 1. The van der Waals surface area contributed by atoms with Gasteiger partial charge in [0.1, 0.15) is 11.5 Å². The van der Waals surface area contributed by atoms with Crippen LogP contribution < -0.4 is 4.90 Å². The van der Waals surface area contributed by atoms with Crippen molar-refractivity contribution >= 4 is 22.6 Å². The molecule has 1 aliphatic rings. The van der Waals surface area contributed by atoms with E-state index < -0.39 is 0 Å². The Balaban J connectivity index is 1.57. The number of para-hydroxylation sites is 2. The lowest BCUT2D eigenvalue weighted by Gasteiger charge is -2.33. The Hall–Kier alpha value is -2.89. The molecule has 1 aliphatic heterocycles. The maximum atomic E-state index is 12.2. The van der Waals surface area contributed by atoms with E-state index in [1.165, 1.54) is 0 Å². The van der Waals surface area contributed by atoms with Gasteiger partial charge in [-0.3, -0.25) is 9.78 Å². The van der Waals surface area contributed by atoms with E-state index in [2.05, 4.69) is 20.9 Å². The molecular weight excluding hydrogens is 326 g/mol. The minimum atomic E-state index is -0.0716. The molecule has 0 unspecified atom stereocenters. The van der Waals surface area contributed by atoms with Crippen molar-refractivity contribution in [3.63, 3.8) is 0 Å². The number of rotatable bonds is 3. The summed E-state index contributed by atoms with van der Waals surface area (Å²) in [7, 11) is 3.49. The number of nitrogens with one attached hydrogen (secondary N) is 1. The minimum Gasteiger partial charge on any atom is -0.371 e. The molecule has 1 aromatic carbocycles. The van der Waals surface area contributed by atoms with E-state index in [1.807, 2.05) is 30.3 Å². The molecule has 134 valence electrons. The number of benzene rings is 1. The highest BCUT2D eigenvalue weighted by Gasteiger charge is 2.24. The monoisotopic (exact) mass is 349 g/mol. The van der Waals surface area contributed by atoms with Crippen molar-refractivity contribution in [1.29, 1.82) is 0 Å². The highest BCUT2D eigenvalue weighted by Crippen LogP contribution is 2.29. The molecule has 1 atom stereocenters. The van der Waals surface area contributed by atoms with Crippen molar-refractivity contribution in [2.24, 2.45) is 0 Å². The standard InChI is InChI=1S/C20H23N5O/c1-24(2)20(26)18-12-15(9-10-21-18)25-11-5-6-14(13-25)19-22-16-7-3-4-8-17(16)23-19/h3-4,7-10,12,14H,5-6,11,13H2,1-2H3,(H,22,23)/t14-/m1/s1. The van der Waals surface area contributed by atoms with Crippen molar-refractivity contribution in [3.05, 3.63) is 54.1 Å². The van der Waals surface area contributed by atoms with Crippen molar-refractivity contribution in [1.82, 2.24) is 19.9 Å². The van der Waals surface area contributed by atoms with Crippen LogP contribution in [0.4, 0.5) is 5.69 Å². The first-order chi connectivity index (χ1) is 12.6. The number of imidazole rings is 1. The zero-order chi connectivity index (χ0) is 18.1. The predicted molar refractivity (Wildman–Crippen MR) is 103 cm³/mol. The lowest BCUT2D eigenvalue weighted by atomic mass is 9.97. The third-order valence-electron chi connectivity index (χ3n) is 4.95. The number of nitrogens with zero attached hydrogens (tertiary/aromatic N) is 4. The number of hydrogen-bond acceptors (Lipinski definition) is 4. The van der Waals surface area contributed by atoms with Gasteiger partial charge >= 0.3 is 0 Å². The Kier molecular flexibility index (Phi) is 4.32. The molecule has 6 heteroatoms. The molecule has 3 heterocycles. The number of aromatic nitrogens is 3. The van der Waals surface area contributed by atoms with E-state index >= 15 is 0 Å². The molecule has 4 rings (SSSR count). The van der Waals surface area contributed by atoms with Crippen LogP contribution in [0.15, 0.2) is 42.6 Å². The Labute approximate surface area is 152 Å². The van der Waals surface area contributed by atoms with Gasteiger partial charge < -0.3 is 14.8 Å². The zero-order valence-corrected chi connectivity index (χ0v) is 15.1. The van der Waals surface area contributed by atoms with Gasteiger partial charge in [-0.2, -0.15) is 0 Å². The van der Waals surface area contributed by atoms with Crippen molar-refractivity contribution < 1.29 is 4.79 Å². The molecule has 1 fully saturated rings. The molecule has 0 aliphatic carbocycles. The van der Waals surface area contributed by atoms with Crippen LogP contribution in [0.3, 0.4) is 0 Å². The molecular formula is C20H23N5O. The van der Waals surface area contributed by atoms with E-state index in [0.29, 0.717) is 11.6 Å². The first-order valence-electron chi connectivity index (χ1n) is 8.99. The van der Waals surface area contributed by atoms with E-state index in [9.17, 15) is 4.79 Å². The van der Waals surface area contributed by atoms with Crippen LogP contribution in [0.25, 0.3) is 11.0 Å². The molecule has 3 aromatic rings. The van der Waals surface area contributed by atoms with Gasteiger partial charge in [-0.25, -0.2) is 4.98 Å². The Morgan fingerprint density at radius 2 is 2.12 bits per heavy atom. The number of carbonyl (C=O) groups is 1. The molecule has 0 bridgehead atoms. The summed E-state index contributed by atoms with van der Waals surface area (Å²) in [6.45, 7) is 1.87. The largest absolute Gasteiger partial charge is 0.371 e. The number of H-pyrrole nitrogens is 1. The average molecular weight is 349 g/mol. The first kappa shape index (κ1) is 16.6. The summed E-state index contributed by atoms with van der Waals surface area (Å²) in [5.74, 6) is 1.34. The molecule has 1 N–H and O–H groups in total. The van der Waals surface area contributed by atoms with Crippen LogP contribution in [0.5, 0.6) is 0 Å². The third-order valence-corrected chi connectivity index (χ3v) is 4.95. The van der Waals surface area contributed by atoms with E-state index in [4.69, 9.17) is 4.98 Å². The SMILES string of the molecule is CN(C)C(=O)c1cc(N2CCC[C@@H](c3nc4ccccc4[nH]3)C2)ccn1.